The highest BCUT2D eigenvalue weighted by Crippen LogP contribution is 2.10. The van der Waals surface area contributed by atoms with Gasteiger partial charge in [-0.05, 0) is 43.9 Å². The highest BCUT2D eigenvalue weighted by Gasteiger charge is 2.16. The van der Waals surface area contributed by atoms with E-state index in [1.54, 1.807) is 6.92 Å². The van der Waals surface area contributed by atoms with Crippen molar-refractivity contribution >= 4 is 17.8 Å². The van der Waals surface area contributed by atoms with Crippen LogP contribution >= 0.6 is 0 Å². The van der Waals surface area contributed by atoms with Gasteiger partial charge >= 0.3 is 5.97 Å². The number of ether oxygens (including phenoxy) is 1. The number of rotatable bonds is 8. The SMILES string of the molecule is CCCNC(=O)[C@H](C)NC(=O)COC(=O)Cc1ccc(C)c(C)c1. The summed E-state index contributed by atoms with van der Waals surface area (Å²) in [6.07, 6.45) is 0.934. The van der Waals surface area contributed by atoms with Gasteiger partial charge in [-0.1, -0.05) is 25.1 Å². The van der Waals surface area contributed by atoms with Gasteiger partial charge in [0.15, 0.2) is 6.61 Å². The average molecular weight is 334 g/mol. The largest absolute Gasteiger partial charge is 0.455 e. The minimum Gasteiger partial charge on any atom is -0.455 e. The molecule has 0 saturated heterocycles. The van der Waals surface area contributed by atoms with Gasteiger partial charge in [0.1, 0.15) is 6.04 Å². The van der Waals surface area contributed by atoms with Gasteiger partial charge in [-0.25, -0.2) is 0 Å². The van der Waals surface area contributed by atoms with Crippen molar-refractivity contribution in [3.05, 3.63) is 34.9 Å². The van der Waals surface area contributed by atoms with Crippen LogP contribution < -0.4 is 10.6 Å². The number of carbonyl (C=O) groups excluding carboxylic acids is 3. The molecule has 0 heterocycles. The van der Waals surface area contributed by atoms with Gasteiger partial charge in [0.25, 0.3) is 5.91 Å². The van der Waals surface area contributed by atoms with Crippen LogP contribution in [0.25, 0.3) is 0 Å². The maximum absolute atomic E-state index is 11.8. The molecule has 0 saturated carbocycles. The van der Waals surface area contributed by atoms with E-state index in [0.717, 1.165) is 23.1 Å². The smallest absolute Gasteiger partial charge is 0.310 e. The van der Waals surface area contributed by atoms with Crippen LogP contribution in [0.1, 0.15) is 37.0 Å². The summed E-state index contributed by atoms with van der Waals surface area (Å²) in [5, 5.41) is 5.18. The minimum absolute atomic E-state index is 0.112. The Balaban J connectivity index is 2.36. The third-order valence-corrected chi connectivity index (χ3v) is 3.60. The summed E-state index contributed by atoms with van der Waals surface area (Å²) in [6.45, 7) is 7.67. The van der Waals surface area contributed by atoms with Gasteiger partial charge in [0.2, 0.25) is 5.91 Å². The van der Waals surface area contributed by atoms with Crippen LogP contribution in [-0.2, 0) is 25.5 Å². The van der Waals surface area contributed by atoms with Crippen molar-refractivity contribution in [1.29, 1.82) is 0 Å². The van der Waals surface area contributed by atoms with Crippen molar-refractivity contribution in [2.45, 2.75) is 46.6 Å². The molecule has 132 valence electrons. The molecule has 24 heavy (non-hydrogen) atoms. The lowest BCUT2D eigenvalue weighted by Gasteiger charge is -2.14. The Morgan fingerprint density at radius 1 is 1.17 bits per heavy atom. The second-order valence-electron chi connectivity index (χ2n) is 5.84. The molecule has 1 atom stereocenters. The van der Waals surface area contributed by atoms with Gasteiger partial charge in [0, 0.05) is 6.54 Å². The first-order chi connectivity index (χ1) is 11.3. The van der Waals surface area contributed by atoms with Gasteiger partial charge in [-0.15, -0.1) is 0 Å². The van der Waals surface area contributed by atoms with Crippen molar-refractivity contribution in [2.75, 3.05) is 13.2 Å². The van der Waals surface area contributed by atoms with E-state index in [-0.39, 0.29) is 12.3 Å². The predicted molar refractivity (Wildman–Crippen MR) is 91.5 cm³/mol. The van der Waals surface area contributed by atoms with Crippen LogP contribution in [0.3, 0.4) is 0 Å². The van der Waals surface area contributed by atoms with E-state index < -0.39 is 24.5 Å². The predicted octanol–water partition coefficient (Wildman–Crippen LogP) is 1.42. The molecule has 0 fully saturated rings. The summed E-state index contributed by atoms with van der Waals surface area (Å²) in [5.74, 6) is -1.23. The quantitative estimate of drug-likeness (QED) is 0.704. The zero-order valence-corrected chi connectivity index (χ0v) is 14.8. The monoisotopic (exact) mass is 334 g/mol. The average Bonchev–Trinajstić information content (AvgIpc) is 2.54. The van der Waals surface area contributed by atoms with Crippen molar-refractivity contribution in [3.8, 4) is 0 Å². The number of nitrogens with one attached hydrogen (secondary N) is 2. The van der Waals surface area contributed by atoms with Crippen molar-refractivity contribution in [1.82, 2.24) is 10.6 Å². The summed E-state index contributed by atoms with van der Waals surface area (Å²) >= 11 is 0. The fourth-order valence-electron chi connectivity index (χ4n) is 2.03. The molecular formula is C18H26N2O4. The van der Waals surface area contributed by atoms with Crippen molar-refractivity contribution in [3.63, 3.8) is 0 Å². The van der Waals surface area contributed by atoms with E-state index >= 15 is 0 Å². The molecule has 1 aromatic rings. The summed E-state index contributed by atoms with van der Waals surface area (Å²) in [7, 11) is 0. The summed E-state index contributed by atoms with van der Waals surface area (Å²) in [5.41, 5.74) is 3.10. The van der Waals surface area contributed by atoms with Crippen LogP contribution in [0, 0.1) is 13.8 Å². The molecule has 0 aliphatic heterocycles. The first-order valence-corrected chi connectivity index (χ1v) is 8.12. The number of hydrogen-bond donors (Lipinski definition) is 2. The standard InChI is InChI=1S/C18H26N2O4/c1-5-8-19-18(23)14(4)20-16(21)11-24-17(22)10-15-7-6-12(2)13(3)9-15/h6-7,9,14H,5,8,10-11H2,1-4H3,(H,19,23)(H,20,21)/t14-/m0/s1. The van der Waals surface area contributed by atoms with Crippen molar-refractivity contribution < 1.29 is 19.1 Å². The van der Waals surface area contributed by atoms with E-state index in [1.807, 2.05) is 39.0 Å². The molecule has 0 unspecified atom stereocenters. The molecule has 0 aromatic heterocycles. The van der Waals surface area contributed by atoms with Gasteiger partial charge in [-0.3, -0.25) is 14.4 Å². The maximum atomic E-state index is 11.8. The topological polar surface area (TPSA) is 84.5 Å². The second-order valence-corrected chi connectivity index (χ2v) is 5.84. The van der Waals surface area contributed by atoms with Crippen LogP contribution in [-0.4, -0.2) is 37.0 Å². The van der Waals surface area contributed by atoms with Crippen molar-refractivity contribution in [2.24, 2.45) is 0 Å². The molecule has 1 aromatic carbocycles. The van der Waals surface area contributed by atoms with Gasteiger partial charge in [-0.2, -0.15) is 0 Å². The molecule has 0 aliphatic carbocycles. The third-order valence-electron chi connectivity index (χ3n) is 3.60. The fourth-order valence-corrected chi connectivity index (χ4v) is 2.03. The van der Waals surface area contributed by atoms with E-state index in [4.69, 9.17) is 4.74 Å². The Morgan fingerprint density at radius 3 is 2.50 bits per heavy atom. The van der Waals surface area contributed by atoms with Gasteiger partial charge < -0.3 is 15.4 Å². The number of esters is 1. The van der Waals surface area contributed by atoms with E-state index in [9.17, 15) is 14.4 Å². The number of carbonyl (C=O) groups is 3. The lowest BCUT2D eigenvalue weighted by atomic mass is 10.0. The number of hydrogen-bond acceptors (Lipinski definition) is 4. The van der Waals surface area contributed by atoms with Crippen LogP contribution in [0.4, 0.5) is 0 Å². The van der Waals surface area contributed by atoms with Crippen LogP contribution in [0.2, 0.25) is 0 Å². The lowest BCUT2D eigenvalue weighted by molar-refractivity contribution is -0.148. The van der Waals surface area contributed by atoms with E-state index in [2.05, 4.69) is 10.6 Å². The normalized spacial score (nSPS) is 11.5. The Kier molecular flexibility index (Phi) is 7.95. The fraction of sp³-hybridized carbons (Fsp3) is 0.500. The first kappa shape index (κ1) is 19.7. The van der Waals surface area contributed by atoms with E-state index in [0.29, 0.717) is 6.54 Å². The lowest BCUT2D eigenvalue weighted by Crippen LogP contribution is -2.46. The molecule has 0 bridgehead atoms. The number of benzene rings is 1. The molecule has 0 aliphatic rings. The Bertz CT molecular complexity index is 599. The summed E-state index contributed by atoms with van der Waals surface area (Å²) in [4.78, 5) is 35.2. The molecule has 0 radical (unpaired) electrons. The molecular weight excluding hydrogens is 308 g/mol. The third kappa shape index (κ3) is 6.81. The highest BCUT2D eigenvalue weighted by atomic mass is 16.5. The molecule has 2 N–H and O–H groups in total. The Hall–Kier alpha value is -2.37. The molecule has 0 spiro atoms. The summed E-state index contributed by atoms with van der Waals surface area (Å²) in [6, 6.07) is 5.07. The Morgan fingerprint density at radius 2 is 1.88 bits per heavy atom. The zero-order valence-electron chi connectivity index (χ0n) is 14.8. The summed E-state index contributed by atoms with van der Waals surface area (Å²) < 4.78 is 4.96. The number of amides is 2. The van der Waals surface area contributed by atoms with Gasteiger partial charge in [0.05, 0.1) is 6.42 Å². The second kappa shape index (κ2) is 9.70. The van der Waals surface area contributed by atoms with Crippen LogP contribution in [0.5, 0.6) is 0 Å². The molecule has 1 rings (SSSR count). The minimum atomic E-state index is -0.664. The molecule has 2 amide bonds. The molecule has 6 nitrogen and oxygen atoms in total. The zero-order chi connectivity index (χ0) is 18.1. The Labute approximate surface area is 143 Å². The highest BCUT2D eigenvalue weighted by molar-refractivity contribution is 5.88. The number of aryl methyl sites for hydroxylation is 2. The van der Waals surface area contributed by atoms with E-state index in [1.165, 1.54) is 0 Å². The maximum Gasteiger partial charge on any atom is 0.310 e. The van der Waals surface area contributed by atoms with Crippen LogP contribution in [0.15, 0.2) is 18.2 Å². The molecule has 6 heteroatoms. The first-order valence-electron chi connectivity index (χ1n) is 8.12.